The number of aromatic amines is 1. The summed E-state index contributed by atoms with van der Waals surface area (Å²) in [5.41, 5.74) is 6.53. The van der Waals surface area contributed by atoms with Gasteiger partial charge in [-0.15, -0.1) is 0 Å². The molecule has 1 aliphatic carbocycles. The first-order chi connectivity index (χ1) is 9.20. The molecule has 1 amide bonds. The van der Waals surface area contributed by atoms with Crippen molar-refractivity contribution in [2.75, 3.05) is 11.9 Å². The highest BCUT2D eigenvalue weighted by molar-refractivity contribution is 5.94. The Hall–Kier alpha value is -1.36. The number of nitrogens with two attached hydrogens (primary N) is 1. The van der Waals surface area contributed by atoms with E-state index in [0.29, 0.717) is 12.4 Å². The van der Waals surface area contributed by atoms with Crippen LogP contribution in [-0.4, -0.2) is 22.6 Å². The van der Waals surface area contributed by atoms with Crippen molar-refractivity contribution in [3.63, 3.8) is 0 Å². The summed E-state index contributed by atoms with van der Waals surface area (Å²) in [6.07, 6.45) is 7.25. The molecule has 1 saturated carbocycles. The minimum Gasteiger partial charge on any atom is -0.329 e. The molecule has 1 fully saturated rings. The lowest BCUT2D eigenvalue weighted by Crippen LogP contribution is -2.42. The van der Waals surface area contributed by atoms with Crippen molar-refractivity contribution in [1.29, 1.82) is 0 Å². The fourth-order valence-corrected chi connectivity index (χ4v) is 2.78. The molecule has 19 heavy (non-hydrogen) atoms. The van der Waals surface area contributed by atoms with E-state index in [2.05, 4.69) is 15.5 Å². The smallest absolute Gasteiger partial charge is 0.233 e. The molecule has 0 aromatic carbocycles. The van der Waals surface area contributed by atoms with Gasteiger partial charge in [-0.1, -0.05) is 32.6 Å². The van der Waals surface area contributed by atoms with Gasteiger partial charge in [0.1, 0.15) is 0 Å². The number of aromatic nitrogens is 2. The lowest BCUT2D eigenvalue weighted by atomic mass is 9.79. The maximum absolute atomic E-state index is 12.5. The van der Waals surface area contributed by atoms with Gasteiger partial charge in [-0.3, -0.25) is 9.89 Å². The molecule has 1 aliphatic rings. The Morgan fingerprint density at radius 3 is 2.63 bits per heavy atom. The second kappa shape index (κ2) is 6.19. The largest absolute Gasteiger partial charge is 0.329 e. The SMILES string of the molecule is CCc1cc(NC(=O)C2(CN)CCCCCC2)n[nH]1. The normalized spacial score (nSPS) is 18.8. The van der Waals surface area contributed by atoms with E-state index in [-0.39, 0.29) is 5.91 Å². The number of aryl methyl sites for hydroxylation is 1. The molecule has 5 nitrogen and oxygen atoms in total. The summed E-state index contributed by atoms with van der Waals surface area (Å²) < 4.78 is 0. The molecular formula is C14H24N4O. The number of carbonyl (C=O) groups is 1. The molecule has 5 heteroatoms. The number of amides is 1. The lowest BCUT2D eigenvalue weighted by Gasteiger charge is -2.29. The van der Waals surface area contributed by atoms with E-state index in [1.54, 1.807) is 0 Å². The van der Waals surface area contributed by atoms with Crippen molar-refractivity contribution in [2.24, 2.45) is 11.1 Å². The number of nitrogens with zero attached hydrogens (tertiary/aromatic N) is 1. The summed E-state index contributed by atoms with van der Waals surface area (Å²) in [4.78, 5) is 12.5. The first kappa shape index (κ1) is 14.1. The van der Waals surface area contributed by atoms with Crippen molar-refractivity contribution >= 4 is 11.7 Å². The van der Waals surface area contributed by atoms with Crippen LogP contribution in [0.15, 0.2) is 6.07 Å². The minimum atomic E-state index is -0.401. The first-order valence-electron chi connectivity index (χ1n) is 7.26. The molecule has 1 heterocycles. The predicted octanol–water partition coefficient (Wildman–Crippen LogP) is 2.21. The highest BCUT2D eigenvalue weighted by atomic mass is 16.2. The summed E-state index contributed by atoms with van der Waals surface area (Å²) in [5.74, 6) is 0.643. The Morgan fingerprint density at radius 2 is 2.11 bits per heavy atom. The summed E-state index contributed by atoms with van der Waals surface area (Å²) in [7, 11) is 0. The monoisotopic (exact) mass is 264 g/mol. The summed E-state index contributed by atoms with van der Waals surface area (Å²) >= 11 is 0. The fourth-order valence-electron chi connectivity index (χ4n) is 2.78. The fraction of sp³-hybridized carbons (Fsp3) is 0.714. The van der Waals surface area contributed by atoms with Gasteiger partial charge in [-0.05, 0) is 19.3 Å². The molecule has 0 atom stereocenters. The average Bonchev–Trinajstić information content (AvgIpc) is 2.74. The molecule has 0 radical (unpaired) electrons. The number of carbonyl (C=O) groups excluding carboxylic acids is 1. The van der Waals surface area contributed by atoms with E-state index < -0.39 is 5.41 Å². The first-order valence-corrected chi connectivity index (χ1v) is 7.26. The van der Waals surface area contributed by atoms with E-state index in [9.17, 15) is 4.79 Å². The average molecular weight is 264 g/mol. The molecule has 2 rings (SSSR count). The van der Waals surface area contributed by atoms with E-state index >= 15 is 0 Å². The summed E-state index contributed by atoms with van der Waals surface area (Å²) in [6.45, 7) is 2.47. The third-order valence-electron chi connectivity index (χ3n) is 4.19. The molecule has 0 bridgehead atoms. The van der Waals surface area contributed by atoms with Crippen LogP contribution in [0.3, 0.4) is 0 Å². The molecule has 0 saturated heterocycles. The Balaban J connectivity index is 2.07. The van der Waals surface area contributed by atoms with E-state index in [1.165, 1.54) is 12.8 Å². The van der Waals surface area contributed by atoms with Gasteiger partial charge >= 0.3 is 0 Å². The standard InChI is InChI=1S/C14H24N4O/c1-2-11-9-12(18-17-11)16-13(19)14(10-15)7-5-3-4-6-8-14/h9H,2-8,10,15H2,1H3,(H2,16,17,18,19). The number of hydrogen-bond acceptors (Lipinski definition) is 3. The van der Waals surface area contributed by atoms with Crippen LogP contribution >= 0.6 is 0 Å². The van der Waals surface area contributed by atoms with Crippen LogP contribution in [0.1, 0.15) is 51.1 Å². The Labute approximate surface area is 114 Å². The second-order valence-corrected chi connectivity index (χ2v) is 5.48. The van der Waals surface area contributed by atoms with Crippen LogP contribution in [0.25, 0.3) is 0 Å². The molecule has 1 aromatic rings. The topological polar surface area (TPSA) is 83.8 Å². The number of H-pyrrole nitrogens is 1. The van der Waals surface area contributed by atoms with Gasteiger partial charge < -0.3 is 11.1 Å². The zero-order valence-electron chi connectivity index (χ0n) is 11.7. The van der Waals surface area contributed by atoms with Gasteiger partial charge in [0.2, 0.25) is 5.91 Å². The zero-order chi connectivity index (χ0) is 13.7. The molecule has 4 N–H and O–H groups in total. The van der Waals surface area contributed by atoms with Crippen molar-refractivity contribution in [2.45, 2.75) is 51.9 Å². The van der Waals surface area contributed by atoms with Gasteiger partial charge in [0, 0.05) is 18.3 Å². The number of anilines is 1. The summed E-state index contributed by atoms with van der Waals surface area (Å²) in [6, 6.07) is 1.89. The van der Waals surface area contributed by atoms with Crippen LogP contribution in [0.5, 0.6) is 0 Å². The van der Waals surface area contributed by atoms with Gasteiger partial charge in [-0.2, -0.15) is 5.10 Å². The molecule has 0 aliphatic heterocycles. The third-order valence-corrected chi connectivity index (χ3v) is 4.19. The van der Waals surface area contributed by atoms with Gasteiger partial charge in [-0.25, -0.2) is 0 Å². The number of nitrogens with one attached hydrogen (secondary N) is 2. The maximum Gasteiger partial charge on any atom is 0.233 e. The highest BCUT2D eigenvalue weighted by Gasteiger charge is 2.37. The van der Waals surface area contributed by atoms with Crippen molar-refractivity contribution in [1.82, 2.24) is 10.2 Å². The van der Waals surface area contributed by atoms with Gasteiger partial charge in [0.25, 0.3) is 0 Å². The predicted molar refractivity (Wildman–Crippen MR) is 75.8 cm³/mol. The molecular weight excluding hydrogens is 240 g/mol. The van der Waals surface area contributed by atoms with Gasteiger partial charge in [0.05, 0.1) is 5.41 Å². The van der Waals surface area contributed by atoms with E-state index in [1.807, 2.05) is 13.0 Å². The number of hydrogen-bond donors (Lipinski definition) is 3. The zero-order valence-corrected chi connectivity index (χ0v) is 11.7. The Kier molecular flexibility index (Phi) is 4.58. The molecule has 106 valence electrons. The van der Waals surface area contributed by atoms with Crippen molar-refractivity contribution in [3.05, 3.63) is 11.8 Å². The highest BCUT2D eigenvalue weighted by Crippen LogP contribution is 2.35. The van der Waals surface area contributed by atoms with Crippen molar-refractivity contribution in [3.8, 4) is 0 Å². The molecule has 1 aromatic heterocycles. The molecule has 0 spiro atoms. The second-order valence-electron chi connectivity index (χ2n) is 5.48. The van der Waals surface area contributed by atoms with Crippen LogP contribution in [0, 0.1) is 5.41 Å². The maximum atomic E-state index is 12.5. The van der Waals surface area contributed by atoms with E-state index in [0.717, 1.165) is 37.8 Å². The van der Waals surface area contributed by atoms with E-state index in [4.69, 9.17) is 5.73 Å². The van der Waals surface area contributed by atoms with Crippen molar-refractivity contribution < 1.29 is 4.79 Å². The Bertz CT molecular complexity index is 419. The molecule has 0 unspecified atom stereocenters. The van der Waals surface area contributed by atoms with Crippen LogP contribution in [0.4, 0.5) is 5.82 Å². The Morgan fingerprint density at radius 1 is 1.42 bits per heavy atom. The quantitative estimate of drug-likeness (QED) is 0.729. The summed E-state index contributed by atoms with van der Waals surface area (Å²) in [5, 5.41) is 9.95. The van der Waals surface area contributed by atoms with Crippen LogP contribution in [0.2, 0.25) is 0 Å². The lowest BCUT2D eigenvalue weighted by molar-refractivity contribution is -0.125. The van der Waals surface area contributed by atoms with Crippen LogP contribution < -0.4 is 11.1 Å². The van der Waals surface area contributed by atoms with Crippen LogP contribution in [-0.2, 0) is 11.2 Å². The minimum absolute atomic E-state index is 0.0334. The van der Waals surface area contributed by atoms with Gasteiger partial charge in [0.15, 0.2) is 5.82 Å². The third kappa shape index (κ3) is 3.15. The number of rotatable bonds is 4.